The van der Waals surface area contributed by atoms with E-state index in [4.69, 9.17) is 5.73 Å². The molecular weight excluding hydrogens is 234 g/mol. The van der Waals surface area contributed by atoms with Gasteiger partial charge in [-0.1, -0.05) is 24.1 Å². The molecule has 0 spiro atoms. The first-order chi connectivity index (χ1) is 8.09. The highest BCUT2D eigenvalue weighted by molar-refractivity contribution is 7.85. The maximum atomic E-state index is 11.9. The molecule has 0 aliphatic heterocycles. The van der Waals surface area contributed by atoms with Crippen LogP contribution >= 0.6 is 0 Å². The van der Waals surface area contributed by atoms with Crippen molar-refractivity contribution in [2.75, 3.05) is 5.75 Å². The lowest BCUT2D eigenvalue weighted by Gasteiger charge is -2.02. The van der Waals surface area contributed by atoms with Crippen molar-refractivity contribution in [3.8, 4) is 0 Å². The van der Waals surface area contributed by atoms with E-state index < -0.39 is 10.8 Å². The summed E-state index contributed by atoms with van der Waals surface area (Å²) in [6, 6.07) is 7.77. The summed E-state index contributed by atoms with van der Waals surface area (Å²) in [6.45, 7) is 2.01. The molecule has 17 heavy (non-hydrogen) atoms. The summed E-state index contributed by atoms with van der Waals surface area (Å²) in [4.78, 5) is 11.4. The van der Waals surface area contributed by atoms with Crippen LogP contribution in [0.25, 0.3) is 0 Å². The molecule has 0 fully saturated rings. The molecule has 1 aromatic carbocycles. The van der Waals surface area contributed by atoms with Crippen LogP contribution in [0.15, 0.2) is 29.2 Å². The number of aryl methyl sites for hydroxylation is 1. The van der Waals surface area contributed by atoms with E-state index in [9.17, 15) is 9.00 Å². The number of unbranched alkanes of at least 4 members (excludes halogenated alkanes) is 2. The van der Waals surface area contributed by atoms with Gasteiger partial charge >= 0.3 is 0 Å². The van der Waals surface area contributed by atoms with E-state index >= 15 is 0 Å². The second kappa shape index (κ2) is 7.22. The highest BCUT2D eigenvalue weighted by Crippen LogP contribution is 2.10. The summed E-state index contributed by atoms with van der Waals surface area (Å²) in [5.74, 6) is 0.395. The van der Waals surface area contributed by atoms with Crippen LogP contribution in [0.2, 0.25) is 0 Å². The molecule has 0 radical (unpaired) electrons. The molecule has 0 aromatic heterocycles. The smallest absolute Gasteiger partial charge is 0.217 e. The van der Waals surface area contributed by atoms with Crippen molar-refractivity contribution >= 4 is 16.7 Å². The van der Waals surface area contributed by atoms with Crippen LogP contribution in [0.5, 0.6) is 0 Å². The molecule has 3 nitrogen and oxygen atoms in total. The number of carbonyl (C=O) groups is 1. The molecule has 4 heteroatoms. The van der Waals surface area contributed by atoms with Crippen molar-refractivity contribution in [1.82, 2.24) is 0 Å². The molecule has 94 valence electrons. The number of benzene rings is 1. The molecule has 0 aliphatic carbocycles. The molecular formula is C13H19NO2S. The zero-order valence-electron chi connectivity index (χ0n) is 10.1. The van der Waals surface area contributed by atoms with Gasteiger partial charge in [-0.15, -0.1) is 0 Å². The number of rotatable bonds is 7. The van der Waals surface area contributed by atoms with Gasteiger partial charge in [0.15, 0.2) is 0 Å². The molecule has 0 saturated carbocycles. The molecule has 2 N–H and O–H groups in total. The summed E-state index contributed by atoms with van der Waals surface area (Å²) >= 11 is 0. The summed E-state index contributed by atoms with van der Waals surface area (Å²) in [5, 5.41) is 0. The first-order valence-electron chi connectivity index (χ1n) is 5.83. The minimum Gasteiger partial charge on any atom is -0.370 e. The number of amides is 1. The van der Waals surface area contributed by atoms with E-state index in [1.165, 1.54) is 5.56 Å². The molecule has 1 aromatic rings. The van der Waals surface area contributed by atoms with E-state index in [1.54, 1.807) is 0 Å². The third-order valence-electron chi connectivity index (χ3n) is 2.54. The largest absolute Gasteiger partial charge is 0.370 e. The zero-order chi connectivity index (χ0) is 12.7. The lowest BCUT2D eigenvalue weighted by atomic mass is 10.2. The fourth-order valence-electron chi connectivity index (χ4n) is 1.52. The lowest BCUT2D eigenvalue weighted by molar-refractivity contribution is -0.118. The molecule has 1 amide bonds. The maximum Gasteiger partial charge on any atom is 0.217 e. The number of nitrogens with two attached hydrogens (primary N) is 1. The van der Waals surface area contributed by atoms with Gasteiger partial charge in [-0.3, -0.25) is 9.00 Å². The van der Waals surface area contributed by atoms with E-state index in [1.807, 2.05) is 31.2 Å². The average Bonchev–Trinajstić information content (AvgIpc) is 2.29. The van der Waals surface area contributed by atoms with Crippen molar-refractivity contribution < 1.29 is 9.00 Å². The van der Waals surface area contributed by atoms with E-state index in [0.717, 1.165) is 24.2 Å². The Labute approximate surface area is 105 Å². The highest BCUT2D eigenvalue weighted by Gasteiger charge is 2.03. The van der Waals surface area contributed by atoms with Crippen LogP contribution in [0.3, 0.4) is 0 Å². The van der Waals surface area contributed by atoms with Gasteiger partial charge in [-0.05, 0) is 31.9 Å². The minimum atomic E-state index is -0.922. The second-order valence-corrected chi connectivity index (χ2v) is 5.71. The summed E-state index contributed by atoms with van der Waals surface area (Å²) in [6.07, 6.45) is 2.99. The summed E-state index contributed by atoms with van der Waals surface area (Å²) < 4.78 is 11.9. The third kappa shape index (κ3) is 5.63. The molecule has 0 bridgehead atoms. The van der Waals surface area contributed by atoms with Crippen LogP contribution in [0, 0.1) is 6.92 Å². The van der Waals surface area contributed by atoms with Gasteiger partial charge < -0.3 is 5.73 Å². The van der Waals surface area contributed by atoms with E-state index in [-0.39, 0.29) is 5.91 Å². The fraction of sp³-hybridized carbons (Fsp3) is 0.462. The van der Waals surface area contributed by atoms with Crippen LogP contribution in [-0.2, 0) is 15.6 Å². The van der Waals surface area contributed by atoms with Crippen LogP contribution < -0.4 is 5.73 Å². The number of hydrogen-bond acceptors (Lipinski definition) is 2. The first-order valence-corrected chi connectivity index (χ1v) is 7.15. The van der Waals surface area contributed by atoms with Gasteiger partial charge in [0.05, 0.1) is 10.8 Å². The van der Waals surface area contributed by atoms with Crippen LogP contribution in [0.1, 0.15) is 31.2 Å². The highest BCUT2D eigenvalue weighted by atomic mass is 32.2. The second-order valence-electron chi connectivity index (χ2n) is 4.14. The summed E-state index contributed by atoms with van der Waals surface area (Å²) in [7, 11) is -0.922. The van der Waals surface area contributed by atoms with Gasteiger partial charge in [0.1, 0.15) is 0 Å². The fourth-order valence-corrected chi connectivity index (χ4v) is 2.66. The SMILES string of the molecule is Cc1ccc(S(=O)CCCCCC(N)=O)cc1. The van der Waals surface area contributed by atoms with Crippen molar-refractivity contribution in [2.45, 2.75) is 37.5 Å². The van der Waals surface area contributed by atoms with Gasteiger partial charge in [-0.2, -0.15) is 0 Å². The molecule has 1 unspecified atom stereocenters. The Balaban J connectivity index is 2.25. The standard InChI is InChI=1S/C13H19NO2S/c1-11-6-8-12(9-7-11)17(16)10-4-2-3-5-13(14)15/h6-9H,2-5,10H2,1H3,(H2,14,15). The lowest BCUT2D eigenvalue weighted by Crippen LogP contribution is -2.09. The number of primary amides is 1. The van der Waals surface area contributed by atoms with Gasteiger partial charge in [0.2, 0.25) is 5.91 Å². The van der Waals surface area contributed by atoms with Crippen LogP contribution in [0.4, 0.5) is 0 Å². The third-order valence-corrected chi connectivity index (χ3v) is 3.99. The predicted octanol–water partition coefficient (Wildman–Crippen LogP) is 2.15. The van der Waals surface area contributed by atoms with Gasteiger partial charge in [0.25, 0.3) is 0 Å². The molecule has 0 aliphatic rings. The van der Waals surface area contributed by atoms with Crippen molar-refractivity contribution in [1.29, 1.82) is 0 Å². The average molecular weight is 253 g/mol. The maximum absolute atomic E-state index is 11.9. The van der Waals surface area contributed by atoms with E-state index in [0.29, 0.717) is 12.2 Å². The van der Waals surface area contributed by atoms with Crippen molar-refractivity contribution in [2.24, 2.45) is 5.73 Å². The monoisotopic (exact) mass is 253 g/mol. The van der Waals surface area contributed by atoms with Crippen molar-refractivity contribution in [3.63, 3.8) is 0 Å². The number of hydrogen-bond donors (Lipinski definition) is 1. The summed E-state index contributed by atoms with van der Waals surface area (Å²) in [5.41, 5.74) is 6.21. The molecule has 0 heterocycles. The van der Waals surface area contributed by atoms with Crippen LogP contribution in [-0.4, -0.2) is 15.9 Å². The zero-order valence-corrected chi connectivity index (χ0v) is 11.0. The Morgan fingerprint density at radius 3 is 2.41 bits per heavy atom. The quantitative estimate of drug-likeness (QED) is 0.757. The molecule has 1 rings (SSSR count). The Morgan fingerprint density at radius 2 is 1.82 bits per heavy atom. The first kappa shape index (κ1) is 13.9. The Kier molecular flexibility index (Phi) is 5.91. The van der Waals surface area contributed by atoms with Gasteiger partial charge in [-0.25, -0.2) is 0 Å². The van der Waals surface area contributed by atoms with Crippen molar-refractivity contribution in [3.05, 3.63) is 29.8 Å². The normalized spacial score (nSPS) is 12.3. The van der Waals surface area contributed by atoms with Gasteiger partial charge in [0, 0.05) is 17.1 Å². The Morgan fingerprint density at radius 1 is 1.18 bits per heavy atom. The predicted molar refractivity (Wildman–Crippen MR) is 70.1 cm³/mol. The van der Waals surface area contributed by atoms with E-state index in [2.05, 4.69) is 0 Å². The Bertz CT molecular complexity index is 387. The molecule has 0 saturated heterocycles. The Hall–Kier alpha value is -1.16. The topological polar surface area (TPSA) is 60.2 Å². The molecule has 1 atom stereocenters. The minimum absolute atomic E-state index is 0.260. The number of carbonyl (C=O) groups excluding carboxylic acids is 1.